The van der Waals surface area contributed by atoms with Gasteiger partial charge >= 0.3 is 0 Å². The summed E-state index contributed by atoms with van der Waals surface area (Å²) in [5.74, 6) is 0.760. The standard InChI is InChI=1S/C20H25NO/c1-2-20(22)19-15-21(13-16-9-5-3-6-10-16)14-18(19)17-11-7-4-8-12-17/h3-12,18-20,22H,2,13-15H2,1H3/t18-,19+,20+/m1/s1. The minimum absolute atomic E-state index is 0.217. The summed E-state index contributed by atoms with van der Waals surface area (Å²) in [5.41, 5.74) is 2.71. The van der Waals surface area contributed by atoms with Crippen molar-refractivity contribution in [1.29, 1.82) is 0 Å². The SMILES string of the molecule is CC[C@H](O)[C@H]1CN(Cc2ccccc2)C[C@@H]1c1ccccc1. The molecule has 3 rings (SSSR count). The van der Waals surface area contributed by atoms with E-state index in [0.29, 0.717) is 11.8 Å². The second-order valence-corrected chi connectivity index (χ2v) is 6.34. The Morgan fingerprint density at radius 2 is 1.64 bits per heavy atom. The van der Waals surface area contributed by atoms with E-state index in [-0.39, 0.29) is 6.10 Å². The van der Waals surface area contributed by atoms with Gasteiger partial charge in [0.2, 0.25) is 0 Å². The zero-order chi connectivity index (χ0) is 15.4. The van der Waals surface area contributed by atoms with Gasteiger partial charge in [-0.3, -0.25) is 4.90 Å². The molecule has 0 bridgehead atoms. The molecule has 2 aromatic rings. The average molecular weight is 295 g/mol. The van der Waals surface area contributed by atoms with E-state index in [9.17, 15) is 5.11 Å². The van der Waals surface area contributed by atoms with Crippen molar-refractivity contribution in [2.45, 2.75) is 31.9 Å². The Hall–Kier alpha value is -1.64. The van der Waals surface area contributed by atoms with Crippen LogP contribution in [0, 0.1) is 5.92 Å². The molecule has 0 unspecified atom stereocenters. The van der Waals surface area contributed by atoms with Gasteiger partial charge in [-0.2, -0.15) is 0 Å². The summed E-state index contributed by atoms with van der Waals surface area (Å²) in [6, 6.07) is 21.3. The summed E-state index contributed by atoms with van der Waals surface area (Å²) >= 11 is 0. The van der Waals surface area contributed by atoms with Crippen molar-refractivity contribution in [2.24, 2.45) is 5.92 Å². The Kier molecular flexibility index (Phi) is 4.91. The van der Waals surface area contributed by atoms with Gasteiger partial charge in [0, 0.05) is 31.5 Å². The molecular weight excluding hydrogens is 270 g/mol. The van der Waals surface area contributed by atoms with Gasteiger partial charge in [-0.05, 0) is 17.5 Å². The highest BCUT2D eigenvalue weighted by Gasteiger charge is 2.37. The van der Waals surface area contributed by atoms with Crippen LogP contribution in [-0.4, -0.2) is 29.2 Å². The topological polar surface area (TPSA) is 23.5 Å². The van der Waals surface area contributed by atoms with Gasteiger partial charge in [-0.15, -0.1) is 0 Å². The van der Waals surface area contributed by atoms with E-state index in [4.69, 9.17) is 0 Å². The lowest BCUT2D eigenvalue weighted by Crippen LogP contribution is -2.26. The van der Waals surface area contributed by atoms with Crippen molar-refractivity contribution in [3.8, 4) is 0 Å². The van der Waals surface area contributed by atoms with Gasteiger partial charge in [0.05, 0.1) is 6.10 Å². The molecule has 2 heteroatoms. The third-order valence-corrected chi connectivity index (χ3v) is 4.83. The van der Waals surface area contributed by atoms with E-state index in [1.807, 2.05) is 0 Å². The van der Waals surface area contributed by atoms with Gasteiger partial charge in [0.15, 0.2) is 0 Å². The molecule has 116 valence electrons. The molecule has 3 atom stereocenters. The zero-order valence-corrected chi connectivity index (χ0v) is 13.2. The Morgan fingerprint density at radius 3 is 2.27 bits per heavy atom. The Morgan fingerprint density at radius 1 is 1.00 bits per heavy atom. The predicted octanol–water partition coefficient (Wildman–Crippen LogP) is 3.67. The van der Waals surface area contributed by atoms with Crippen LogP contribution in [0.25, 0.3) is 0 Å². The lowest BCUT2D eigenvalue weighted by molar-refractivity contribution is 0.0990. The van der Waals surface area contributed by atoms with Gasteiger partial charge in [-0.25, -0.2) is 0 Å². The molecule has 0 radical (unpaired) electrons. The summed E-state index contributed by atoms with van der Waals surface area (Å²) in [7, 11) is 0. The number of aliphatic hydroxyl groups is 1. The first-order valence-electron chi connectivity index (χ1n) is 8.27. The minimum Gasteiger partial charge on any atom is -0.393 e. The van der Waals surface area contributed by atoms with Crippen molar-refractivity contribution in [1.82, 2.24) is 4.90 Å². The number of nitrogens with zero attached hydrogens (tertiary/aromatic N) is 1. The molecular formula is C20H25NO. The molecule has 1 saturated heterocycles. The molecule has 2 nitrogen and oxygen atoms in total. The molecule has 0 spiro atoms. The molecule has 1 fully saturated rings. The maximum Gasteiger partial charge on any atom is 0.0584 e. The Bertz CT molecular complexity index is 569. The average Bonchev–Trinajstić information content (AvgIpc) is 3.00. The quantitative estimate of drug-likeness (QED) is 0.909. The van der Waals surface area contributed by atoms with Crippen molar-refractivity contribution >= 4 is 0 Å². The lowest BCUT2D eigenvalue weighted by atomic mass is 9.84. The maximum absolute atomic E-state index is 10.4. The van der Waals surface area contributed by atoms with Crippen LogP contribution < -0.4 is 0 Å². The highest BCUT2D eigenvalue weighted by molar-refractivity contribution is 5.23. The van der Waals surface area contributed by atoms with E-state index in [0.717, 1.165) is 26.1 Å². The summed E-state index contributed by atoms with van der Waals surface area (Å²) < 4.78 is 0. The van der Waals surface area contributed by atoms with Gasteiger partial charge in [0.1, 0.15) is 0 Å². The van der Waals surface area contributed by atoms with E-state index in [1.54, 1.807) is 0 Å². The molecule has 2 aromatic carbocycles. The number of hydrogen-bond acceptors (Lipinski definition) is 2. The van der Waals surface area contributed by atoms with E-state index in [1.165, 1.54) is 11.1 Å². The lowest BCUT2D eigenvalue weighted by Gasteiger charge is -2.23. The van der Waals surface area contributed by atoms with Crippen molar-refractivity contribution in [2.75, 3.05) is 13.1 Å². The minimum atomic E-state index is -0.217. The molecule has 1 aliphatic rings. The zero-order valence-electron chi connectivity index (χ0n) is 13.2. The van der Waals surface area contributed by atoms with Crippen LogP contribution >= 0.6 is 0 Å². The summed E-state index contributed by atoms with van der Waals surface area (Å²) in [6.45, 7) is 5.05. The van der Waals surface area contributed by atoms with Gasteiger partial charge in [0.25, 0.3) is 0 Å². The Labute approximate surface area is 133 Å². The van der Waals surface area contributed by atoms with Gasteiger partial charge < -0.3 is 5.11 Å². The van der Waals surface area contributed by atoms with E-state index >= 15 is 0 Å². The molecule has 1 heterocycles. The largest absolute Gasteiger partial charge is 0.393 e. The molecule has 0 amide bonds. The van der Waals surface area contributed by atoms with E-state index < -0.39 is 0 Å². The first-order valence-corrected chi connectivity index (χ1v) is 8.27. The second-order valence-electron chi connectivity index (χ2n) is 6.34. The van der Waals surface area contributed by atoms with Crippen LogP contribution in [0.5, 0.6) is 0 Å². The fraction of sp³-hybridized carbons (Fsp3) is 0.400. The van der Waals surface area contributed by atoms with E-state index in [2.05, 4.69) is 72.5 Å². The maximum atomic E-state index is 10.4. The number of rotatable bonds is 5. The molecule has 22 heavy (non-hydrogen) atoms. The van der Waals surface area contributed by atoms with Crippen LogP contribution in [0.15, 0.2) is 60.7 Å². The number of hydrogen-bond donors (Lipinski definition) is 1. The second kappa shape index (κ2) is 7.08. The summed E-state index contributed by atoms with van der Waals surface area (Å²) in [6.07, 6.45) is 0.610. The third-order valence-electron chi connectivity index (χ3n) is 4.83. The first kappa shape index (κ1) is 15.3. The van der Waals surface area contributed by atoms with Crippen LogP contribution in [0.4, 0.5) is 0 Å². The molecule has 0 saturated carbocycles. The fourth-order valence-corrected chi connectivity index (χ4v) is 3.63. The smallest absolute Gasteiger partial charge is 0.0584 e. The molecule has 0 aliphatic carbocycles. The fourth-order valence-electron chi connectivity index (χ4n) is 3.63. The first-order chi connectivity index (χ1) is 10.8. The molecule has 1 N–H and O–H groups in total. The highest BCUT2D eigenvalue weighted by atomic mass is 16.3. The highest BCUT2D eigenvalue weighted by Crippen LogP contribution is 2.36. The number of benzene rings is 2. The summed E-state index contributed by atoms with van der Waals surface area (Å²) in [5, 5.41) is 10.4. The monoisotopic (exact) mass is 295 g/mol. The number of likely N-dealkylation sites (tertiary alicyclic amines) is 1. The van der Waals surface area contributed by atoms with Crippen molar-refractivity contribution in [3.63, 3.8) is 0 Å². The van der Waals surface area contributed by atoms with Crippen molar-refractivity contribution in [3.05, 3.63) is 71.8 Å². The molecule has 0 aromatic heterocycles. The van der Waals surface area contributed by atoms with Crippen LogP contribution in [-0.2, 0) is 6.54 Å². The van der Waals surface area contributed by atoms with Crippen molar-refractivity contribution < 1.29 is 5.11 Å². The van der Waals surface area contributed by atoms with Crippen LogP contribution in [0.3, 0.4) is 0 Å². The van der Waals surface area contributed by atoms with Gasteiger partial charge in [-0.1, -0.05) is 67.6 Å². The predicted molar refractivity (Wildman–Crippen MR) is 90.7 cm³/mol. The normalized spacial score (nSPS) is 23.5. The summed E-state index contributed by atoms with van der Waals surface area (Å²) in [4.78, 5) is 2.48. The van der Waals surface area contributed by atoms with Crippen LogP contribution in [0.2, 0.25) is 0 Å². The third kappa shape index (κ3) is 3.40. The Balaban J connectivity index is 1.76. The molecule has 1 aliphatic heterocycles. The number of aliphatic hydroxyl groups excluding tert-OH is 1. The van der Waals surface area contributed by atoms with Crippen LogP contribution in [0.1, 0.15) is 30.4 Å².